The molecule has 0 saturated carbocycles. The maximum atomic E-state index is 8.62. The predicted octanol–water partition coefficient (Wildman–Crippen LogP) is 1.79. The van der Waals surface area contributed by atoms with Gasteiger partial charge in [-0.15, -0.1) is 0 Å². The number of anilines is 1. The van der Waals surface area contributed by atoms with Crippen molar-refractivity contribution in [3.8, 4) is 12.1 Å². The Labute approximate surface area is 83.8 Å². The molecule has 14 heavy (non-hydrogen) atoms. The zero-order valence-corrected chi connectivity index (χ0v) is 8.01. The fourth-order valence-corrected chi connectivity index (χ4v) is 1.17. The fourth-order valence-electron chi connectivity index (χ4n) is 1.17. The van der Waals surface area contributed by atoms with Crippen LogP contribution >= 0.6 is 0 Å². The van der Waals surface area contributed by atoms with Crippen molar-refractivity contribution in [2.24, 2.45) is 5.92 Å². The molecule has 0 saturated heterocycles. The minimum Gasteiger partial charge on any atom is -0.372 e. The quantitative estimate of drug-likeness (QED) is 0.721. The van der Waals surface area contributed by atoms with Crippen LogP contribution in [0.3, 0.4) is 0 Å². The number of hydrogen-bond acceptors (Lipinski definition) is 3. The first-order valence-electron chi connectivity index (χ1n) is 4.33. The average molecular weight is 185 g/mol. The molecule has 0 bridgehead atoms. The Morgan fingerprint density at radius 2 is 1.79 bits per heavy atom. The lowest BCUT2D eigenvalue weighted by molar-refractivity contribution is 0.790. The third-order valence-electron chi connectivity index (χ3n) is 1.97. The van der Waals surface area contributed by atoms with Gasteiger partial charge in [0.2, 0.25) is 0 Å². The van der Waals surface area contributed by atoms with E-state index in [1.54, 1.807) is 0 Å². The van der Waals surface area contributed by atoms with Crippen LogP contribution in [0.5, 0.6) is 0 Å². The van der Waals surface area contributed by atoms with Crippen molar-refractivity contribution < 1.29 is 0 Å². The molecule has 0 unspecified atom stereocenters. The van der Waals surface area contributed by atoms with Gasteiger partial charge >= 0.3 is 0 Å². The van der Waals surface area contributed by atoms with E-state index in [0.29, 0.717) is 6.54 Å². The van der Waals surface area contributed by atoms with Crippen LogP contribution in [0.25, 0.3) is 0 Å². The summed E-state index contributed by atoms with van der Waals surface area (Å²) in [4.78, 5) is 1.90. The van der Waals surface area contributed by atoms with Crippen LogP contribution in [0.4, 0.5) is 5.69 Å². The van der Waals surface area contributed by atoms with Crippen molar-refractivity contribution >= 4 is 5.69 Å². The molecule has 1 aromatic rings. The largest absolute Gasteiger partial charge is 0.372 e. The van der Waals surface area contributed by atoms with Crippen LogP contribution in [0.15, 0.2) is 30.3 Å². The summed E-state index contributed by atoms with van der Waals surface area (Å²) in [7, 11) is 1.87. The summed E-state index contributed by atoms with van der Waals surface area (Å²) in [6.45, 7) is 0.441. The minimum absolute atomic E-state index is 0.441. The summed E-state index contributed by atoms with van der Waals surface area (Å²) in [5.41, 5.74) is 1.02. The monoisotopic (exact) mass is 185 g/mol. The Kier molecular flexibility index (Phi) is 3.52. The van der Waals surface area contributed by atoms with E-state index < -0.39 is 5.92 Å². The predicted molar refractivity (Wildman–Crippen MR) is 54.4 cm³/mol. The van der Waals surface area contributed by atoms with Gasteiger partial charge in [-0.05, 0) is 12.1 Å². The molecule has 0 N–H and O–H groups in total. The number of hydrogen-bond donors (Lipinski definition) is 0. The van der Waals surface area contributed by atoms with E-state index >= 15 is 0 Å². The second-order valence-electron chi connectivity index (χ2n) is 3.03. The molecule has 0 aliphatic carbocycles. The van der Waals surface area contributed by atoms with E-state index in [1.807, 2.05) is 54.4 Å². The van der Waals surface area contributed by atoms with E-state index in [4.69, 9.17) is 10.5 Å². The molecule has 0 aromatic heterocycles. The maximum absolute atomic E-state index is 8.62. The van der Waals surface area contributed by atoms with E-state index in [0.717, 1.165) is 5.69 Å². The summed E-state index contributed by atoms with van der Waals surface area (Å²) in [6, 6.07) is 13.6. The van der Waals surface area contributed by atoms with Gasteiger partial charge in [0, 0.05) is 19.3 Å². The highest BCUT2D eigenvalue weighted by atomic mass is 15.1. The van der Waals surface area contributed by atoms with Crippen LogP contribution in [0.1, 0.15) is 0 Å². The number of nitriles is 2. The molecule has 0 amide bonds. The Morgan fingerprint density at radius 3 is 2.29 bits per heavy atom. The number of benzene rings is 1. The van der Waals surface area contributed by atoms with E-state index in [9.17, 15) is 0 Å². The van der Waals surface area contributed by atoms with Crippen LogP contribution in [-0.2, 0) is 0 Å². The Balaban J connectivity index is 2.65. The second kappa shape index (κ2) is 4.89. The Hall–Kier alpha value is -2.00. The lowest BCUT2D eigenvalue weighted by Gasteiger charge is -2.18. The molecule has 70 valence electrons. The van der Waals surface area contributed by atoms with Crippen LogP contribution in [-0.4, -0.2) is 13.6 Å². The minimum atomic E-state index is -0.569. The first-order chi connectivity index (χ1) is 6.77. The number of rotatable bonds is 3. The molecule has 3 nitrogen and oxygen atoms in total. The molecule has 0 radical (unpaired) electrons. The van der Waals surface area contributed by atoms with Gasteiger partial charge in [-0.3, -0.25) is 0 Å². The van der Waals surface area contributed by atoms with Gasteiger partial charge in [0.25, 0.3) is 0 Å². The van der Waals surface area contributed by atoms with Crippen LogP contribution in [0.2, 0.25) is 0 Å². The molecule has 0 spiro atoms. The van der Waals surface area contributed by atoms with Gasteiger partial charge in [-0.1, -0.05) is 18.2 Å². The normalized spacial score (nSPS) is 9.14. The third kappa shape index (κ3) is 2.50. The van der Waals surface area contributed by atoms with Crippen LogP contribution in [0, 0.1) is 28.6 Å². The highest BCUT2D eigenvalue weighted by Crippen LogP contribution is 2.12. The highest BCUT2D eigenvalue weighted by molar-refractivity contribution is 5.45. The highest BCUT2D eigenvalue weighted by Gasteiger charge is 2.09. The zero-order valence-electron chi connectivity index (χ0n) is 8.01. The van der Waals surface area contributed by atoms with Crippen molar-refractivity contribution in [2.75, 3.05) is 18.5 Å². The molecular formula is C11H11N3. The number of nitrogens with zero attached hydrogens (tertiary/aromatic N) is 3. The standard InChI is InChI=1S/C11H11N3/c1-14(9-10(7-12)8-13)11-5-3-2-4-6-11/h2-6,10H,9H2,1H3. The Morgan fingerprint density at radius 1 is 1.21 bits per heavy atom. The smallest absolute Gasteiger partial charge is 0.150 e. The van der Waals surface area contributed by atoms with Crippen molar-refractivity contribution in [1.82, 2.24) is 0 Å². The Bertz CT molecular complexity index is 344. The third-order valence-corrected chi connectivity index (χ3v) is 1.97. The lowest BCUT2D eigenvalue weighted by Crippen LogP contribution is -2.23. The maximum Gasteiger partial charge on any atom is 0.150 e. The first-order valence-corrected chi connectivity index (χ1v) is 4.33. The van der Waals surface area contributed by atoms with Crippen LogP contribution < -0.4 is 4.90 Å². The summed E-state index contributed by atoms with van der Waals surface area (Å²) in [5, 5.41) is 17.2. The lowest BCUT2D eigenvalue weighted by atomic mass is 10.2. The van der Waals surface area contributed by atoms with Gasteiger partial charge in [0.1, 0.15) is 0 Å². The summed E-state index contributed by atoms with van der Waals surface area (Å²) < 4.78 is 0. The van der Waals surface area contributed by atoms with Crippen molar-refractivity contribution in [2.45, 2.75) is 0 Å². The van der Waals surface area contributed by atoms with Crippen molar-refractivity contribution in [3.05, 3.63) is 30.3 Å². The molecule has 0 aliphatic rings. The molecule has 0 heterocycles. The van der Waals surface area contributed by atoms with Gasteiger partial charge in [0.15, 0.2) is 5.92 Å². The van der Waals surface area contributed by atoms with Gasteiger partial charge in [-0.2, -0.15) is 10.5 Å². The van der Waals surface area contributed by atoms with Crippen molar-refractivity contribution in [1.29, 1.82) is 10.5 Å². The average Bonchev–Trinajstić information content (AvgIpc) is 2.26. The second-order valence-corrected chi connectivity index (χ2v) is 3.03. The molecular weight excluding hydrogens is 174 g/mol. The molecule has 1 rings (SSSR count). The fraction of sp³-hybridized carbons (Fsp3) is 0.273. The van der Waals surface area contributed by atoms with Gasteiger partial charge in [0.05, 0.1) is 12.1 Å². The molecule has 0 fully saturated rings. The van der Waals surface area contributed by atoms with E-state index in [1.165, 1.54) is 0 Å². The SMILES string of the molecule is CN(CC(C#N)C#N)c1ccccc1. The van der Waals surface area contributed by atoms with Gasteiger partial charge < -0.3 is 4.90 Å². The molecule has 3 heteroatoms. The first kappa shape index (κ1) is 10.1. The zero-order chi connectivity index (χ0) is 10.4. The van der Waals surface area contributed by atoms with E-state index in [2.05, 4.69) is 0 Å². The summed E-state index contributed by atoms with van der Waals surface area (Å²) >= 11 is 0. The van der Waals surface area contributed by atoms with E-state index in [-0.39, 0.29) is 0 Å². The topological polar surface area (TPSA) is 50.8 Å². The van der Waals surface area contributed by atoms with Crippen molar-refractivity contribution in [3.63, 3.8) is 0 Å². The molecule has 0 aliphatic heterocycles. The summed E-state index contributed by atoms with van der Waals surface area (Å²) in [5.74, 6) is -0.569. The molecule has 0 atom stereocenters. The number of para-hydroxylation sites is 1. The molecule has 1 aromatic carbocycles. The summed E-state index contributed by atoms with van der Waals surface area (Å²) in [6.07, 6.45) is 0. The van der Waals surface area contributed by atoms with Gasteiger partial charge in [-0.25, -0.2) is 0 Å².